The number of nitrogens with one attached hydrogen (secondary N) is 1. The molecule has 2 rings (SSSR count). The molecule has 1 aliphatic rings. The first-order valence-electron chi connectivity index (χ1n) is 5.52. The molecule has 0 bridgehead atoms. The van der Waals surface area contributed by atoms with E-state index in [1.165, 1.54) is 0 Å². The normalized spacial score (nSPS) is 18.3. The number of ether oxygens (including phenoxy) is 1. The SMILES string of the molecule is COc1cccc2c1CCC(C)(C)C(=O)N2. The molecule has 1 aliphatic heterocycles. The van der Waals surface area contributed by atoms with Crippen molar-refractivity contribution >= 4 is 11.6 Å². The van der Waals surface area contributed by atoms with E-state index in [1.807, 2.05) is 32.0 Å². The van der Waals surface area contributed by atoms with Crippen LogP contribution in [0.2, 0.25) is 0 Å². The molecule has 0 atom stereocenters. The second-order valence-corrected chi connectivity index (χ2v) is 4.82. The monoisotopic (exact) mass is 219 g/mol. The lowest BCUT2D eigenvalue weighted by molar-refractivity contribution is -0.124. The van der Waals surface area contributed by atoms with Crippen molar-refractivity contribution in [3.8, 4) is 5.75 Å². The molecule has 0 saturated heterocycles. The summed E-state index contributed by atoms with van der Waals surface area (Å²) in [6.45, 7) is 3.95. The summed E-state index contributed by atoms with van der Waals surface area (Å²) in [5.41, 5.74) is 1.67. The Morgan fingerprint density at radius 3 is 2.81 bits per heavy atom. The quantitative estimate of drug-likeness (QED) is 0.788. The van der Waals surface area contributed by atoms with Crippen LogP contribution in [0, 0.1) is 5.41 Å². The van der Waals surface area contributed by atoms with Gasteiger partial charge in [0, 0.05) is 16.7 Å². The van der Waals surface area contributed by atoms with Gasteiger partial charge in [-0.25, -0.2) is 0 Å². The van der Waals surface area contributed by atoms with Crippen molar-refractivity contribution < 1.29 is 9.53 Å². The number of anilines is 1. The van der Waals surface area contributed by atoms with Crippen molar-refractivity contribution in [3.05, 3.63) is 23.8 Å². The van der Waals surface area contributed by atoms with Gasteiger partial charge in [0.2, 0.25) is 5.91 Å². The highest BCUT2D eigenvalue weighted by atomic mass is 16.5. The molecule has 0 spiro atoms. The summed E-state index contributed by atoms with van der Waals surface area (Å²) in [4.78, 5) is 11.9. The Morgan fingerprint density at radius 2 is 2.12 bits per heavy atom. The van der Waals surface area contributed by atoms with Gasteiger partial charge in [-0.15, -0.1) is 0 Å². The minimum atomic E-state index is -0.315. The highest BCUT2D eigenvalue weighted by Crippen LogP contribution is 2.35. The van der Waals surface area contributed by atoms with Crippen LogP contribution < -0.4 is 10.1 Å². The van der Waals surface area contributed by atoms with Crippen molar-refractivity contribution in [3.63, 3.8) is 0 Å². The van der Waals surface area contributed by atoms with Gasteiger partial charge in [0.15, 0.2) is 0 Å². The molecule has 3 heteroatoms. The van der Waals surface area contributed by atoms with E-state index in [4.69, 9.17) is 4.74 Å². The molecule has 0 radical (unpaired) electrons. The number of benzene rings is 1. The van der Waals surface area contributed by atoms with Crippen molar-refractivity contribution in [2.45, 2.75) is 26.7 Å². The third-order valence-corrected chi connectivity index (χ3v) is 3.22. The van der Waals surface area contributed by atoms with Gasteiger partial charge in [0.1, 0.15) is 5.75 Å². The number of hydrogen-bond acceptors (Lipinski definition) is 2. The summed E-state index contributed by atoms with van der Waals surface area (Å²) in [5.74, 6) is 0.940. The topological polar surface area (TPSA) is 38.3 Å². The van der Waals surface area contributed by atoms with Crippen LogP contribution >= 0.6 is 0 Å². The Kier molecular flexibility index (Phi) is 2.62. The maximum atomic E-state index is 11.9. The second-order valence-electron chi connectivity index (χ2n) is 4.82. The average molecular weight is 219 g/mol. The average Bonchev–Trinajstić information content (AvgIpc) is 2.37. The van der Waals surface area contributed by atoms with Gasteiger partial charge in [0.25, 0.3) is 0 Å². The molecule has 0 aromatic heterocycles. The largest absolute Gasteiger partial charge is 0.496 e. The summed E-state index contributed by atoms with van der Waals surface area (Å²) in [5, 5.41) is 2.97. The minimum Gasteiger partial charge on any atom is -0.496 e. The van der Waals surface area contributed by atoms with Crippen LogP contribution in [0.5, 0.6) is 5.75 Å². The van der Waals surface area contributed by atoms with Gasteiger partial charge in [-0.1, -0.05) is 19.9 Å². The molecule has 1 aromatic rings. The van der Waals surface area contributed by atoms with E-state index in [1.54, 1.807) is 7.11 Å². The lowest BCUT2D eigenvalue weighted by atomic mass is 9.86. The van der Waals surface area contributed by atoms with Crippen LogP contribution in [0.15, 0.2) is 18.2 Å². The lowest BCUT2D eigenvalue weighted by Gasteiger charge is -2.19. The number of carbonyl (C=O) groups excluding carboxylic acids is 1. The minimum absolute atomic E-state index is 0.0829. The standard InChI is InChI=1S/C13H17NO2/c1-13(2)8-7-9-10(14-12(13)15)5-4-6-11(9)16-3/h4-6H,7-8H2,1-3H3,(H,14,15). The molecule has 0 unspecified atom stereocenters. The molecule has 1 aromatic carbocycles. The zero-order chi connectivity index (χ0) is 11.8. The fourth-order valence-electron chi connectivity index (χ4n) is 1.97. The Balaban J connectivity index is 2.44. The molecule has 1 heterocycles. The molecule has 16 heavy (non-hydrogen) atoms. The van der Waals surface area contributed by atoms with Crippen LogP contribution in [0.25, 0.3) is 0 Å². The first kappa shape index (κ1) is 11.0. The van der Waals surface area contributed by atoms with E-state index in [-0.39, 0.29) is 11.3 Å². The van der Waals surface area contributed by atoms with Gasteiger partial charge >= 0.3 is 0 Å². The van der Waals surface area contributed by atoms with E-state index in [0.717, 1.165) is 29.8 Å². The number of methoxy groups -OCH3 is 1. The predicted molar refractivity (Wildman–Crippen MR) is 63.7 cm³/mol. The highest BCUT2D eigenvalue weighted by Gasteiger charge is 2.31. The number of fused-ring (bicyclic) bond motifs is 1. The Labute approximate surface area is 95.8 Å². The van der Waals surface area contributed by atoms with Crippen LogP contribution in [0.1, 0.15) is 25.8 Å². The Morgan fingerprint density at radius 1 is 1.38 bits per heavy atom. The van der Waals surface area contributed by atoms with E-state index < -0.39 is 0 Å². The van der Waals surface area contributed by atoms with Gasteiger partial charge in [-0.2, -0.15) is 0 Å². The first-order chi connectivity index (χ1) is 7.54. The maximum absolute atomic E-state index is 11.9. The Hall–Kier alpha value is -1.51. The first-order valence-corrected chi connectivity index (χ1v) is 5.52. The van der Waals surface area contributed by atoms with Gasteiger partial charge in [0.05, 0.1) is 7.11 Å². The van der Waals surface area contributed by atoms with E-state index in [2.05, 4.69) is 5.32 Å². The van der Waals surface area contributed by atoms with Crippen molar-refractivity contribution in [2.75, 3.05) is 12.4 Å². The zero-order valence-electron chi connectivity index (χ0n) is 9.96. The van der Waals surface area contributed by atoms with Gasteiger partial charge in [-0.3, -0.25) is 4.79 Å². The summed E-state index contributed by atoms with van der Waals surface area (Å²) >= 11 is 0. The fraction of sp³-hybridized carbons (Fsp3) is 0.462. The summed E-state index contributed by atoms with van der Waals surface area (Å²) in [7, 11) is 1.66. The summed E-state index contributed by atoms with van der Waals surface area (Å²) in [6, 6.07) is 5.76. The Bertz CT molecular complexity index is 424. The fourth-order valence-corrected chi connectivity index (χ4v) is 1.97. The smallest absolute Gasteiger partial charge is 0.230 e. The number of carbonyl (C=O) groups is 1. The van der Waals surface area contributed by atoms with E-state index in [9.17, 15) is 4.79 Å². The van der Waals surface area contributed by atoms with Crippen LogP contribution in [-0.4, -0.2) is 13.0 Å². The van der Waals surface area contributed by atoms with Crippen LogP contribution in [0.4, 0.5) is 5.69 Å². The number of amides is 1. The molecule has 0 saturated carbocycles. The molecule has 0 fully saturated rings. The maximum Gasteiger partial charge on any atom is 0.230 e. The molecule has 3 nitrogen and oxygen atoms in total. The predicted octanol–water partition coefficient (Wildman–Crippen LogP) is 2.61. The van der Waals surface area contributed by atoms with Crippen molar-refractivity contribution in [1.29, 1.82) is 0 Å². The third-order valence-electron chi connectivity index (χ3n) is 3.22. The third kappa shape index (κ3) is 1.77. The van der Waals surface area contributed by atoms with Crippen LogP contribution in [-0.2, 0) is 11.2 Å². The van der Waals surface area contributed by atoms with Gasteiger partial charge in [-0.05, 0) is 25.0 Å². The summed E-state index contributed by atoms with van der Waals surface area (Å²) in [6.07, 6.45) is 1.71. The molecular formula is C13H17NO2. The summed E-state index contributed by atoms with van der Waals surface area (Å²) < 4.78 is 5.32. The number of rotatable bonds is 1. The molecular weight excluding hydrogens is 202 g/mol. The highest BCUT2D eigenvalue weighted by molar-refractivity contribution is 5.96. The van der Waals surface area contributed by atoms with Gasteiger partial charge < -0.3 is 10.1 Å². The zero-order valence-corrected chi connectivity index (χ0v) is 9.96. The van der Waals surface area contributed by atoms with Crippen LogP contribution in [0.3, 0.4) is 0 Å². The molecule has 1 N–H and O–H groups in total. The van der Waals surface area contributed by atoms with Crippen molar-refractivity contribution in [2.24, 2.45) is 5.41 Å². The van der Waals surface area contributed by atoms with E-state index in [0.29, 0.717) is 0 Å². The lowest BCUT2D eigenvalue weighted by Crippen LogP contribution is -2.29. The number of hydrogen-bond donors (Lipinski definition) is 1. The molecule has 1 amide bonds. The molecule has 0 aliphatic carbocycles. The van der Waals surface area contributed by atoms with E-state index >= 15 is 0 Å². The second kappa shape index (κ2) is 3.81. The molecule has 86 valence electrons. The van der Waals surface area contributed by atoms with Crippen molar-refractivity contribution in [1.82, 2.24) is 0 Å².